The van der Waals surface area contributed by atoms with Crippen molar-refractivity contribution < 1.29 is 14.3 Å². The van der Waals surface area contributed by atoms with Crippen molar-refractivity contribution in [1.29, 1.82) is 0 Å². The Labute approximate surface area is 172 Å². The van der Waals surface area contributed by atoms with E-state index in [9.17, 15) is 4.79 Å². The van der Waals surface area contributed by atoms with Gasteiger partial charge in [-0.3, -0.25) is 10.1 Å². The number of ether oxygens (including phenoxy) is 2. The van der Waals surface area contributed by atoms with Crippen molar-refractivity contribution in [3.05, 3.63) is 64.6 Å². The number of halogens is 1. The van der Waals surface area contributed by atoms with Crippen LogP contribution in [0, 0.1) is 0 Å². The highest BCUT2D eigenvalue weighted by Crippen LogP contribution is 2.31. The molecule has 1 heterocycles. The molecule has 28 heavy (non-hydrogen) atoms. The van der Waals surface area contributed by atoms with Crippen LogP contribution in [0.5, 0.6) is 17.2 Å². The Balaban J connectivity index is 1.59. The number of anilines is 1. The number of carbonyl (C=O) groups is 1. The lowest BCUT2D eigenvalue weighted by Gasteiger charge is -2.16. The lowest BCUT2D eigenvalue weighted by molar-refractivity contribution is 0.102. The van der Waals surface area contributed by atoms with Crippen LogP contribution < -0.4 is 14.8 Å². The first-order valence-corrected chi connectivity index (χ1v) is 10.3. The van der Waals surface area contributed by atoms with E-state index in [0.29, 0.717) is 32.3 Å². The monoisotopic (exact) mass is 414 g/mol. The molecule has 0 atom stereocenters. The van der Waals surface area contributed by atoms with E-state index in [1.807, 2.05) is 36.4 Å². The van der Waals surface area contributed by atoms with Gasteiger partial charge in [-0.05, 0) is 49.9 Å². The lowest BCUT2D eigenvalue weighted by Crippen LogP contribution is -2.14. The number of carbonyl (C=O) groups excluding carboxylic acids is 1. The number of thiazole rings is 1. The Morgan fingerprint density at radius 1 is 1.07 bits per heavy atom. The molecule has 1 aliphatic carbocycles. The molecule has 1 saturated carbocycles. The summed E-state index contributed by atoms with van der Waals surface area (Å²) in [5, 5.41) is 3.21. The average Bonchev–Trinajstić information content (AvgIpc) is 3.34. The standard InChI is InChI=1S/C21H19ClN2O3S/c22-19-13-23-21(28-19)24-20(25)14-10-17(26-15-6-2-1-3-7-15)12-18(11-14)27-16-8-4-5-9-16/h1-3,6-7,10-13,16H,4-5,8-9H2,(H,23,24,25). The van der Waals surface area contributed by atoms with Gasteiger partial charge in [-0.15, -0.1) is 0 Å². The van der Waals surface area contributed by atoms with Gasteiger partial charge in [0.2, 0.25) is 0 Å². The second-order valence-corrected chi connectivity index (χ2v) is 8.22. The maximum atomic E-state index is 12.7. The third kappa shape index (κ3) is 4.82. The van der Waals surface area contributed by atoms with E-state index in [1.54, 1.807) is 12.1 Å². The molecule has 1 amide bonds. The molecule has 0 aliphatic heterocycles. The fourth-order valence-corrected chi connectivity index (χ4v) is 3.94. The Bertz CT molecular complexity index is 955. The summed E-state index contributed by atoms with van der Waals surface area (Å²) < 4.78 is 12.6. The number of aromatic nitrogens is 1. The first-order chi connectivity index (χ1) is 13.7. The summed E-state index contributed by atoms with van der Waals surface area (Å²) in [6.45, 7) is 0. The zero-order valence-electron chi connectivity index (χ0n) is 15.1. The molecule has 0 radical (unpaired) electrons. The smallest absolute Gasteiger partial charge is 0.257 e. The fraction of sp³-hybridized carbons (Fsp3) is 0.238. The number of nitrogens with one attached hydrogen (secondary N) is 1. The van der Waals surface area contributed by atoms with E-state index in [2.05, 4.69) is 10.3 Å². The third-order valence-corrected chi connectivity index (χ3v) is 5.45. The van der Waals surface area contributed by atoms with Crippen molar-refractivity contribution in [3.63, 3.8) is 0 Å². The molecule has 7 heteroatoms. The summed E-state index contributed by atoms with van der Waals surface area (Å²) in [5.41, 5.74) is 0.438. The predicted molar refractivity (Wildman–Crippen MR) is 111 cm³/mol. The van der Waals surface area contributed by atoms with Crippen molar-refractivity contribution in [1.82, 2.24) is 4.98 Å². The van der Waals surface area contributed by atoms with Gasteiger partial charge < -0.3 is 9.47 Å². The van der Waals surface area contributed by atoms with Crippen molar-refractivity contribution in [2.75, 3.05) is 5.32 Å². The van der Waals surface area contributed by atoms with E-state index >= 15 is 0 Å². The molecule has 144 valence electrons. The number of nitrogens with zero attached hydrogens (tertiary/aromatic N) is 1. The van der Waals surface area contributed by atoms with Gasteiger partial charge in [0.15, 0.2) is 5.13 Å². The molecule has 1 fully saturated rings. The Morgan fingerprint density at radius 2 is 1.82 bits per heavy atom. The van der Waals surface area contributed by atoms with Crippen LogP contribution in [-0.2, 0) is 0 Å². The molecule has 2 aromatic carbocycles. The van der Waals surface area contributed by atoms with Crippen LogP contribution in [0.3, 0.4) is 0 Å². The molecule has 0 spiro atoms. The number of amides is 1. The number of para-hydroxylation sites is 1. The van der Waals surface area contributed by atoms with Crippen LogP contribution >= 0.6 is 22.9 Å². The quantitative estimate of drug-likeness (QED) is 0.524. The minimum Gasteiger partial charge on any atom is -0.490 e. The zero-order chi connectivity index (χ0) is 19.3. The molecule has 0 saturated heterocycles. The molecule has 3 aromatic rings. The topological polar surface area (TPSA) is 60.5 Å². The summed E-state index contributed by atoms with van der Waals surface area (Å²) in [6.07, 6.45) is 6.09. The summed E-state index contributed by atoms with van der Waals surface area (Å²) in [5.74, 6) is 1.58. The summed E-state index contributed by atoms with van der Waals surface area (Å²) in [4.78, 5) is 16.8. The largest absolute Gasteiger partial charge is 0.490 e. The van der Waals surface area contributed by atoms with Crippen molar-refractivity contribution >= 4 is 34.0 Å². The minimum absolute atomic E-state index is 0.181. The van der Waals surface area contributed by atoms with E-state index in [-0.39, 0.29) is 12.0 Å². The Kier molecular flexibility index (Phi) is 5.78. The summed E-state index contributed by atoms with van der Waals surface area (Å²) in [7, 11) is 0. The van der Waals surface area contributed by atoms with Crippen molar-refractivity contribution in [2.24, 2.45) is 0 Å². The number of hydrogen-bond donors (Lipinski definition) is 1. The normalized spacial score (nSPS) is 14.0. The third-order valence-electron chi connectivity index (χ3n) is 4.42. The highest BCUT2D eigenvalue weighted by atomic mass is 35.5. The lowest BCUT2D eigenvalue weighted by atomic mass is 10.2. The highest BCUT2D eigenvalue weighted by molar-refractivity contribution is 7.19. The van der Waals surface area contributed by atoms with Crippen molar-refractivity contribution in [3.8, 4) is 17.2 Å². The van der Waals surface area contributed by atoms with Crippen LogP contribution in [0.15, 0.2) is 54.7 Å². The maximum Gasteiger partial charge on any atom is 0.257 e. The van der Waals surface area contributed by atoms with Gasteiger partial charge in [-0.25, -0.2) is 4.98 Å². The SMILES string of the molecule is O=C(Nc1ncc(Cl)s1)c1cc(Oc2ccccc2)cc(OC2CCCC2)c1. The second-order valence-electron chi connectivity index (χ2n) is 6.56. The first-order valence-electron chi connectivity index (χ1n) is 9.13. The van der Waals surface area contributed by atoms with Gasteiger partial charge in [0.1, 0.15) is 21.6 Å². The first kappa shape index (κ1) is 18.8. The van der Waals surface area contributed by atoms with Crippen LogP contribution in [0.25, 0.3) is 0 Å². The van der Waals surface area contributed by atoms with E-state index in [0.717, 1.165) is 12.8 Å². The van der Waals surface area contributed by atoms with Gasteiger partial charge in [-0.1, -0.05) is 41.1 Å². The summed E-state index contributed by atoms with van der Waals surface area (Å²) in [6, 6.07) is 14.7. The molecule has 1 aliphatic rings. The van der Waals surface area contributed by atoms with E-state index < -0.39 is 0 Å². The van der Waals surface area contributed by atoms with Crippen LogP contribution in [0.4, 0.5) is 5.13 Å². The van der Waals surface area contributed by atoms with Gasteiger partial charge in [0.25, 0.3) is 5.91 Å². The molecular weight excluding hydrogens is 396 g/mol. The predicted octanol–water partition coefficient (Wildman–Crippen LogP) is 6.16. The molecule has 4 rings (SSSR count). The summed E-state index contributed by atoms with van der Waals surface area (Å²) >= 11 is 7.10. The molecule has 0 bridgehead atoms. The highest BCUT2D eigenvalue weighted by Gasteiger charge is 2.19. The molecule has 0 unspecified atom stereocenters. The van der Waals surface area contributed by atoms with Crippen molar-refractivity contribution in [2.45, 2.75) is 31.8 Å². The Morgan fingerprint density at radius 3 is 2.54 bits per heavy atom. The second kappa shape index (κ2) is 8.63. The van der Waals surface area contributed by atoms with Gasteiger partial charge in [-0.2, -0.15) is 0 Å². The van der Waals surface area contributed by atoms with E-state index in [4.69, 9.17) is 21.1 Å². The van der Waals surface area contributed by atoms with Crippen LogP contribution in [0.1, 0.15) is 36.0 Å². The minimum atomic E-state index is -0.291. The molecular formula is C21H19ClN2O3S. The van der Waals surface area contributed by atoms with Gasteiger partial charge in [0, 0.05) is 11.6 Å². The number of hydrogen-bond acceptors (Lipinski definition) is 5. The average molecular weight is 415 g/mol. The number of benzene rings is 2. The molecule has 1 N–H and O–H groups in total. The van der Waals surface area contributed by atoms with E-state index in [1.165, 1.54) is 30.4 Å². The number of rotatable bonds is 6. The van der Waals surface area contributed by atoms with Crippen LogP contribution in [0.2, 0.25) is 4.34 Å². The van der Waals surface area contributed by atoms with Gasteiger partial charge in [0.05, 0.1) is 12.3 Å². The maximum absolute atomic E-state index is 12.7. The molecule has 5 nitrogen and oxygen atoms in total. The fourth-order valence-electron chi connectivity index (χ4n) is 3.13. The zero-order valence-corrected chi connectivity index (χ0v) is 16.6. The van der Waals surface area contributed by atoms with Gasteiger partial charge >= 0.3 is 0 Å². The Hall–Kier alpha value is -2.57. The molecule has 1 aromatic heterocycles. The van der Waals surface area contributed by atoms with Crippen LogP contribution in [-0.4, -0.2) is 17.0 Å².